The lowest BCUT2D eigenvalue weighted by Gasteiger charge is -2.16. The smallest absolute Gasteiger partial charge is 0.0766 e. The molecule has 0 aliphatic carbocycles. The Morgan fingerprint density at radius 2 is 1.35 bits per heavy atom. The molecule has 1 nitrogen and oxygen atoms in total. The highest BCUT2D eigenvalue weighted by Gasteiger charge is 2.19. The van der Waals surface area contributed by atoms with E-state index in [0.717, 1.165) is 5.56 Å². The Morgan fingerprint density at radius 1 is 0.850 bits per heavy atom. The molecule has 0 saturated carbocycles. The van der Waals surface area contributed by atoms with Gasteiger partial charge in [-0.05, 0) is 68.0 Å². The van der Waals surface area contributed by atoms with Crippen LogP contribution in [0.25, 0.3) is 11.1 Å². The molecule has 0 unspecified atom stereocenters. The first-order valence-corrected chi connectivity index (χ1v) is 6.95. The minimum absolute atomic E-state index is 0.433. The second-order valence-corrected chi connectivity index (χ2v) is 6.05. The molecule has 0 bridgehead atoms. The fraction of sp³-hybridized carbons (Fsp3) is 0.316. The summed E-state index contributed by atoms with van der Waals surface area (Å²) >= 11 is 0. The summed E-state index contributed by atoms with van der Waals surface area (Å²) in [6.45, 7) is 10.4. The van der Waals surface area contributed by atoms with Crippen molar-refractivity contribution in [2.45, 2.75) is 40.0 Å². The SMILES string of the molecule is Cc1cc(-c2ccc(C(C)(C)C#N)cc2)cc(C)c1C. The van der Waals surface area contributed by atoms with Crippen LogP contribution in [0.3, 0.4) is 0 Å². The maximum atomic E-state index is 9.19. The van der Waals surface area contributed by atoms with Crippen LogP contribution in [0.1, 0.15) is 36.1 Å². The van der Waals surface area contributed by atoms with E-state index in [4.69, 9.17) is 0 Å². The molecule has 2 aromatic rings. The average Bonchev–Trinajstić information content (AvgIpc) is 2.44. The molecule has 0 fully saturated rings. The molecule has 0 saturated heterocycles. The van der Waals surface area contributed by atoms with Crippen LogP contribution in [-0.2, 0) is 5.41 Å². The van der Waals surface area contributed by atoms with Gasteiger partial charge in [0.05, 0.1) is 11.5 Å². The first-order chi connectivity index (χ1) is 9.35. The summed E-state index contributed by atoms with van der Waals surface area (Å²) in [7, 11) is 0. The van der Waals surface area contributed by atoms with Crippen LogP contribution < -0.4 is 0 Å². The third-order valence-corrected chi connectivity index (χ3v) is 4.15. The van der Waals surface area contributed by atoms with Crippen LogP contribution >= 0.6 is 0 Å². The fourth-order valence-electron chi connectivity index (χ4n) is 2.35. The van der Waals surface area contributed by atoms with Crippen LogP contribution in [0.2, 0.25) is 0 Å². The summed E-state index contributed by atoms with van der Waals surface area (Å²) in [5, 5.41) is 9.19. The number of hydrogen-bond acceptors (Lipinski definition) is 1. The van der Waals surface area contributed by atoms with E-state index < -0.39 is 5.41 Å². The largest absolute Gasteiger partial charge is 0.197 e. The van der Waals surface area contributed by atoms with Gasteiger partial charge in [-0.1, -0.05) is 36.4 Å². The quantitative estimate of drug-likeness (QED) is 0.741. The molecule has 0 spiro atoms. The maximum absolute atomic E-state index is 9.19. The monoisotopic (exact) mass is 263 g/mol. The van der Waals surface area contributed by atoms with Gasteiger partial charge >= 0.3 is 0 Å². The zero-order valence-electron chi connectivity index (χ0n) is 12.9. The van der Waals surface area contributed by atoms with Crippen LogP contribution in [0.5, 0.6) is 0 Å². The first kappa shape index (κ1) is 14.3. The van der Waals surface area contributed by atoms with Crippen LogP contribution in [0.4, 0.5) is 0 Å². The highest BCUT2D eigenvalue weighted by atomic mass is 14.3. The van der Waals surface area contributed by atoms with Crippen molar-refractivity contribution in [3.63, 3.8) is 0 Å². The fourth-order valence-corrected chi connectivity index (χ4v) is 2.35. The number of benzene rings is 2. The summed E-state index contributed by atoms with van der Waals surface area (Å²) in [5.41, 5.74) is 7.07. The number of nitriles is 1. The molecule has 102 valence electrons. The molecule has 2 rings (SSSR count). The predicted octanol–water partition coefficient (Wildman–Crippen LogP) is 5.08. The van der Waals surface area contributed by atoms with Gasteiger partial charge < -0.3 is 0 Å². The van der Waals surface area contributed by atoms with Gasteiger partial charge in [0, 0.05) is 0 Å². The van der Waals surface area contributed by atoms with Gasteiger partial charge in [-0.25, -0.2) is 0 Å². The van der Waals surface area contributed by atoms with E-state index in [1.807, 2.05) is 13.8 Å². The van der Waals surface area contributed by atoms with E-state index in [2.05, 4.69) is 63.2 Å². The molecule has 0 heterocycles. The number of aryl methyl sites for hydroxylation is 2. The lowest BCUT2D eigenvalue weighted by Crippen LogP contribution is -2.13. The van der Waals surface area contributed by atoms with E-state index in [9.17, 15) is 5.26 Å². The molecule has 0 atom stereocenters. The molecule has 0 radical (unpaired) electrons. The van der Waals surface area contributed by atoms with Crippen LogP contribution in [0.15, 0.2) is 36.4 Å². The minimum atomic E-state index is -0.433. The Balaban J connectivity index is 2.44. The zero-order valence-corrected chi connectivity index (χ0v) is 12.9. The molecule has 0 aliphatic heterocycles. The van der Waals surface area contributed by atoms with Gasteiger partial charge in [0.15, 0.2) is 0 Å². The molecule has 0 N–H and O–H groups in total. The topological polar surface area (TPSA) is 23.8 Å². The molecule has 2 aromatic carbocycles. The van der Waals surface area contributed by atoms with Crippen molar-refractivity contribution in [3.8, 4) is 17.2 Å². The molecule has 1 heteroatoms. The Hall–Kier alpha value is -2.07. The van der Waals surface area contributed by atoms with E-state index in [-0.39, 0.29) is 0 Å². The summed E-state index contributed by atoms with van der Waals surface area (Å²) in [6.07, 6.45) is 0. The zero-order chi connectivity index (χ0) is 14.9. The molecule has 0 aromatic heterocycles. The second-order valence-electron chi connectivity index (χ2n) is 6.05. The number of nitrogens with zero attached hydrogens (tertiary/aromatic N) is 1. The normalized spacial score (nSPS) is 11.2. The number of hydrogen-bond donors (Lipinski definition) is 0. The Morgan fingerprint density at radius 3 is 1.80 bits per heavy atom. The lowest BCUT2D eigenvalue weighted by molar-refractivity contribution is 0.687. The van der Waals surface area contributed by atoms with Gasteiger partial charge in [-0.2, -0.15) is 5.26 Å². The molecule has 20 heavy (non-hydrogen) atoms. The van der Waals surface area contributed by atoms with Crippen LogP contribution in [0, 0.1) is 32.1 Å². The summed E-state index contributed by atoms with van der Waals surface area (Å²) < 4.78 is 0. The van der Waals surface area contributed by atoms with Crippen molar-refractivity contribution in [2.24, 2.45) is 0 Å². The summed E-state index contributed by atoms with van der Waals surface area (Å²) in [5.74, 6) is 0. The lowest BCUT2D eigenvalue weighted by atomic mass is 9.85. The van der Waals surface area contributed by atoms with E-state index in [1.54, 1.807) is 0 Å². The van der Waals surface area contributed by atoms with E-state index >= 15 is 0 Å². The Labute approximate surface area is 121 Å². The van der Waals surface area contributed by atoms with Crippen molar-refractivity contribution in [2.75, 3.05) is 0 Å². The second kappa shape index (κ2) is 5.13. The standard InChI is InChI=1S/C19H21N/c1-13-10-17(11-14(2)15(13)3)16-6-8-18(9-7-16)19(4,5)12-20/h6-11H,1-5H3. The van der Waals surface area contributed by atoms with Gasteiger partial charge in [0.25, 0.3) is 0 Å². The average molecular weight is 263 g/mol. The third-order valence-electron chi connectivity index (χ3n) is 4.15. The van der Waals surface area contributed by atoms with Crippen molar-refractivity contribution in [1.82, 2.24) is 0 Å². The van der Waals surface area contributed by atoms with Gasteiger partial charge in [-0.3, -0.25) is 0 Å². The highest BCUT2D eigenvalue weighted by molar-refractivity contribution is 5.66. The summed E-state index contributed by atoms with van der Waals surface area (Å²) in [6, 6.07) is 15.1. The molecule has 0 aliphatic rings. The van der Waals surface area contributed by atoms with Crippen molar-refractivity contribution in [1.29, 1.82) is 5.26 Å². The minimum Gasteiger partial charge on any atom is -0.197 e. The van der Waals surface area contributed by atoms with Crippen molar-refractivity contribution in [3.05, 3.63) is 58.7 Å². The highest BCUT2D eigenvalue weighted by Crippen LogP contribution is 2.28. The number of rotatable bonds is 2. The van der Waals surface area contributed by atoms with Crippen LogP contribution in [-0.4, -0.2) is 0 Å². The van der Waals surface area contributed by atoms with Gasteiger partial charge in [0.1, 0.15) is 0 Å². The molecular weight excluding hydrogens is 242 g/mol. The molecule has 0 amide bonds. The van der Waals surface area contributed by atoms with Gasteiger partial charge in [-0.15, -0.1) is 0 Å². The Kier molecular flexibility index (Phi) is 3.68. The van der Waals surface area contributed by atoms with Crippen molar-refractivity contribution < 1.29 is 0 Å². The van der Waals surface area contributed by atoms with Crippen molar-refractivity contribution >= 4 is 0 Å². The van der Waals surface area contributed by atoms with E-state index in [1.165, 1.54) is 27.8 Å². The Bertz CT molecular complexity index is 647. The van der Waals surface area contributed by atoms with E-state index in [0.29, 0.717) is 0 Å². The maximum Gasteiger partial charge on any atom is 0.0766 e. The summed E-state index contributed by atoms with van der Waals surface area (Å²) in [4.78, 5) is 0. The third kappa shape index (κ3) is 2.60. The first-order valence-electron chi connectivity index (χ1n) is 6.95. The molecular formula is C19H21N. The van der Waals surface area contributed by atoms with Gasteiger partial charge in [0.2, 0.25) is 0 Å². The predicted molar refractivity (Wildman–Crippen MR) is 84.7 cm³/mol.